The summed E-state index contributed by atoms with van der Waals surface area (Å²) in [5, 5.41) is -1.21. The molecule has 1 atom stereocenters. The molecule has 1 unspecified atom stereocenters. The zero-order valence-corrected chi connectivity index (χ0v) is 26.4. The van der Waals surface area contributed by atoms with Crippen LogP contribution in [-0.4, -0.2) is 63.3 Å². The first-order valence-corrected chi connectivity index (χ1v) is 17.0. The van der Waals surface area contributed by atoms with Crippen LogP contribution in [0.4, 0.5) is 37.7 Å². The molecule has 0 saturated heterocycles. The molecule has 44 heavy (non-hydrogen) atoms. The largest absolute Gasteiger partial charge is 0.492 e. The lowest BCUT2D eigenvalue weighted by Crippen LogP contribution is -2.41. The summed E-state index contributed by atoms with van der Waals surface area (Å²) in [6, 6.07) is 4.92. The highest BCUT2D eigenvalue weighted by molar-refractivity contribution is 7.89. The van der Waals surface area contributed by atoms with E-state index in [1.54, 1.807) is 13.8 Å². The van der Waals surface area contributed by atoms with Crippen molar-refractivity contribution in [3.05, 3.63) is 47.8 Å². The molecule has 2 aromatic rings. The molecular formula is C28H35F6N2O6PS. The van der Waals surface area contributed by atoms with Crippen molar-refractivity contribution in [3.8, 4) is 5.75 Å². The Morgan fingerprint density at radius 1 is 1.02 bits per heavy atom. The van der Waals surface area contributed by atoms with Gasteiger partial charge in [-0.1, -0.05) is 0 Å². The number of halogens is 6. The minimum absolute atomic E-state index is 0.0284. The van der Waals surface area contributed by atoms with Crippen molar-refractivity contribution in [2.75, 3.05) is 38.3 Å². The van der Waals surface area contributed by atoms with E-state index in [-0.39, 0.29) is 37.6 Å². The third-order valence-electron chi connectivity index (χ3n) is 7.78. The Labute approximate surface area is 252 Å². The molecule has 1 aliphatic heterocycles. The van der Waals surface area contributed by atoms with Crippen LogP contribution >= 0.6 is 7.60 Å². The van der Waals surface area contributed by atoms with Crippen LogP contribution in [0.5, 0.6) is 5.75 Å². The standard InChI is InChI=1S/C28H35F6N2O6PS/c1-5-41-43(37,42-6-2)27(13-14-27)18-40-24-16-25-23(15-22(24)28(32,33)34)36(20-9-7-19(29)8-10-20)17-21(11-12-26(3,30)31)35(4)44(25,38)39/h7-10,15-16,21H,5-6,11-14,17-18H2,1-4H3. The molecule has 0 aromatic heterocycles. The highest BCUT2D eigenvalue weighted by Crippen LogP contribution is 2.71. The summed E-state index contributed by atoms with van der Waals surface area (Å²) < 4.78 is 144. The van der Waals surface area contributed by atoms with Crippen molar-refractivity contribution in [1.29, 1.82) is 0 Å². The Bertz CT molecular complexity index is 1490. The number of alkyl halides is 5. The van der Waals surface area contributed by atoms with E-state index < -0.39 is 76.0 Å². The molecule has 1 saturated carbocycles. The minimum Gasteiger partial charge on any atom is -0.492 e. The molecule has 0 N–H and O–H groups in total. The second kappa shape index (κ2) is 12.5. The number of benzene rings is 2. The van der Waals surface area contributed by atoms with Crippen LogP contribution in [0.2, 0.25) is 0 Å². The molecule has 246 valence electrons. The van der Waals surface area contributed by atoms with Crippen LogP contribution in [-0.2, 0) is 29.8 Å². The van der Waals surface area contributed by atoms with E-state index in [9.17, 15) is 39.3 Å². The first-order chi connectivity index (χ1) is 20.4. The third kappa shape index (κ3) is 7.06. The van der Waals surface area contributed by atoms with Crippen molar-refractivity contribution in [2.45, 2.75) is 74.6 Å². The van der Waals surface area contributed by atoms with Gasteiger partial charge in [0.1, 0.15) is 28.2 Å². The van der Waals surface area contributed by atoms with Crippen LogP contribution in [0.15, 0.2) is 41.3 Å². The fourth-order valence-corrected chi connectivity index (χ4v) is 8.90. The lowest BCUT2D eigenvalue weighted by atomic mass is 10.1. The number of fused-ring (bicyclic) bond motifs is 1. The molecule has 1 heterocycles. The van der Waals surface area contributed by atoms with Gasteiger partial charge in [0.15, 0.2) is 0 Å². The molecular weight excluding hydrogens is 637 g/mol. The zero-order chi connectivity index (χ0) is 32.7. The molecule has 2 aliphatic rings. The normalized spacial score (nSPS) is 20.2. The van der Waals surface area contributed by atoms with Crippen molar-refractivity contribution in [2.24, 2.45) is 0 Å². The molecule has 0 bridgehead atoms. The van der Waals surface area contributed by atoms with Crippen LogP contribution in [0, 0.1) is 5.82 Å². The maximum atomic E-state index is 14.5. The van der Waals surface area contributed by atoms with E-state index in [0.29, 0.717) is 25.8 Å². The van der Waals surface area contributed by atoms with Gasteiger partial charge in [-0.15, -0.1) is 0 Å². The van der Waals surface area contributed by atoms with Gasteiger partial charge < -0.3 is 18.7 Å². The molecule has 4 rings (SSSR count). The molecule has 0 spiro atoms. The summed E-state index contributed by atoms with van der Waals surface area (Å²) in [6.45, 7) is 3.14. The lowest BCUT2D eigenvalue weighted by Gasteiger charge is -2.30. The molecule has 8 nitrogen and oxygen atoms in total. The number of ether oxygens (including phenoxy) is 1. The number of hydrogen-bond acceptors (Lipinski definition) is 7. The van der Waals surface area contributed by atoms with Gasteiger partial charge in [0.2, 0.25) is 15.9 Å². The highest BCUT2D eigenvalue weighted by atomic mass is 32.2. The molecule has 1 aliphatic carbocycles. The summed E-state index contributed by atoms with van der Waals surface area (Å²) in [6.07, 6.45) is -5.44. The van der Waals surface area contributed by atoms with Gasteiger partial charge in [-0.3, -0.25) is 4.57 Å². The third-order valence-corrected chi connectivity index (χ3v) is 12.7. The predicted molar refractivity (Wildman–Crippen MR) is 152 cm³/mol. The minimum atomic E-state index is -5.02. The second-order valence-corrected chi connectivity index (χ2v) is 15.5. The van der Waals surface area contributed by atoms with Crippen LogP contribution in [0.1, 0.15) is 52.0 Å². The van der Waals surface area contributed by atoms with Gasteiger partial charge in [-0.05, 0) is 70.4 Å². The summed E-state index contributed by atoms with van der Waals surface area (Å²) in [7, 11) is -7.19. The fraction of sp³-hybridized carbons (Fsp3) is 0.571. The Balaban J connectivity index is 1.85. The number of hydrogen-bond donors (Lipinski definition) is 0. The number of nitrogens with zero attached hydrogens (tertiary/aromatic N) is 2. The Morgan fingerprint density at radius 2 is 1.61 bits per heavy atom. The SMILES string of the molecule is CCOP(=O)(OCC)C1(COc2cc3c(cc2C(F)(F)F)N(c2ccc(F)cc2)CC(CCC(C)(F)F)N(C)S3(=O)=O)CC1. The molecule has 0 amide bonds. The number of anilines is 2. The monoisotopic (exact) mass is 672 g/mol. The van der Waals surface area contributed by atoms with Crippen molar-refractivity contribution in [1.82, 2.24) is 4.31 Å². The first kappa shape index (κ1) is 34.6. The van der Waals surface area contributed by atoms with E-state index in [0.717, 1.165) is 22.5 Å². The molecule has 16 heteroatoms. The highest BCUT2D eigenvalue weighted by Gasteiger charge is 2.61. The summed E-state index contributed by atoms with van der Waals surface area (Å²) >= 11 is 0. The van der Waals surface area contributed by atoms with Gasteiger partial charge in [0, 0.05) is 37.8 Å². The smallest absolute Gasteiger partial charge is 0.420 e. The average molecular weight is 673 g/mol. The predicted octanol–water partition coefficient (Wildman–Crippen LogP) is 7.60. The number of sulfonamides is 1. The Kier molecular flexibility index (Phi) is 9.79. The van der Waals surface area contributed by atoms with E-state index in [2.05, 4.69) is 0 Å². The quantitative estimate of drug-likeness (QED) is 0.170. The number of likely N-dealkylation sites (N-methyl/N-ethyl adjacent to an activating group) is 1. The molecule has 1 fully saturated rings. The van der Waals surface area contributed by atoms with E-state index in [4.69, 9.17) is 13.8 Å². The van der Waals surface area contributed by atoms with E-state index in [1.807, 2.05) is 0 Å². The van der Waals surface area contributed by atoms with Crippen molar-refractivity contribution >= 4 is 29.0 Å². The van der Waals surface area contributed by atoms with E-state index >= 15 is 0 Å². The summed E-state index contributed by atoms with van der Waals surface area (Å²) in [5.41, 5.74) is -1.54. The van der Waals surface area contributed by atoms with Crippen LogP contribution in [0.3, 0.4) is 0 Å². The van der Waals surface area contributed by atoms with Crippen LogP contribution < -0.4 is 9.64 Å². The maximum Gasteiger partial charge on any atom is 0.420 e. The van der Waals surface area contributed by atoms with Crippen molar-refractivity contribution in [3.63, 3.8) is 0 Å². The lowest BCUT2D eigenvalue weighted by molar-refractivity contribution is -0.139. The maximum absolute atomic E-state index is 14.5. The zero-order valence-electron chi connectivity index (χ0n) is 24.7. The van der Waals surface area contributed by atoms with Gasteiger partial charge in [-0.2, -0.15) is 17.5 Å². The fourth-order valence-electron chi connectivity index (χ4n) is 5.15. The number of rotatable bonds is 12. The van der Waals surface area contributed by atoms with Gasteiger partial charge in [0.05, 0.1) is 24.5 Å². The first-order valence-electron chi connectivity index (χ1n) is 14.0. The van der Waals surface area contributed by atoms with Crippen molar-refractivity contribution < 1.29 is 53.1 Å². The average Bonchev–Trinajstić information content (AvgIpc) is 3.73. The van der Waals surface area contributed by atoms with Gasteiger partial charge in [-0.25, -0.2) is 21.6 Å². The Hall–Kier alpha value is -2.32. The second-order valence-electron chi connectivity index (χ2n) is 11.0. The summed E-state index contributed by atoms with van der Waals surface area (Å²) in [5.74, 6) is -4.59. The molecule has 2 aromatic carbocycles. The summed E-state index contributed by atoms with van der Waals surface area (Å²) in [4.78, 5) is 0.675. The van der Waals surface area contributed by atoms with Gasteiger partial charge in [0.25, 0.3) is 0 Å². The van der Waals surface area contributed by atoms with E-state index in [1.165, 1.54) is 24.1 Å². The van der Waals surface area contributed by atoms with Crippen LogP contribution in [0.25, 0.3) is 0 Å². The molecule has 0 radical (unpaired) electrons. The Morgan fingerprint density at radius 3 is 2.11 bits per heavy atom. The van der Waals surface area contributed by atoms with Gasteiger partial charge >= 0.3 is 13.8 Å². The topological polar surface area (TPSA) is 85.4 Å².